The fourth-order valence-corrected chi connectivity index (χ4v) is 1.93. The van der Waals surface area contributed by atoms with E-state index in [-0.39, 0.29) is 31.6 Å². The first-order valence-electron chi connectivity index (χ1n) is 7.31. The van der Waals surface area contributed by atoms with E-state index in [1.165, 1.54) is 24.3 Å². The molecule has 0 saturated heterocycles. The first-order chi connectivity index (χ1) is 11.3. The Hall–Kier alpha value is -2.97. The molecule has 0 aliphatic rings. The van der Waals surface area contributed by atoms with Crippen LogP contribution >= 0.6 is 0 Å². The third kappa shape index (κ3) is 6.42. The van der Waals surface area contributed by atoms with Crippen LogP contribution in [0.2, 0.25) is 0 Å². The van der Waals surface area contributed by atoms with Crippen molar-refractivity contribution < 1.29 is 24.0 Å². The summed E-state index contributed by atoms with van der Waals surface area (Å²) in [6, 6.07) is 4.60. The number of nitrogens with zero attached hydrogens (tertiary/aromatic N) is 1. The minimum Gasteiger partial charge on any atom is -0.466 e. The molecule has 0 spiro atoms. The van der Waals surface area contributed by atoms with Gasteiger partial charge < -0.3 is 15.8 Å². The predicted molar refractivity (Wildman–Crippen MR) is 83.8 cm³/mol. The number of nitro benzene ring substituents is 1. The Bertz CT molecular complexity index is 614. The van der Waals surface area contributed by atoms with Crippen molar-refractivity contribution in [3.8, 4) is 0 Å². The summed E-state index contributed by atoms with van der Waals surface area (Å²) in [7, 11) is 0. The van der Waals surface area contributed by atoms with Crippen LogP contribution in [0.5, 0.6) is 0 Å². The van der Waals surface area contributed by atoms with Crippen LogP contribution in [0.25, 0.3) is 0 Å². The van der Waals surface area contributed by atoms with Gasteiger partial charge in [-0.05, 0) is 12.5 Å². The number of nitro groups is 1. The highest BCUT2D eigenvalue weighted by molar-refractivity contribution is 5.88. The Labute approximate surface area is 138 Å². The number of primary amides is 1. The maximum atomic E-state index is 11.8. The zero-order valence-electron chi connectivity index (χ0n) is 13.2. The van der Waals surface area contributed by atoms with Crippen molar-refractivity contribution in [2.24, 2.45) is 5.73 Å². The molecule has 1 aromatic carbocycles. The van der Waals surface area contributed by atoms with Crippen LogP contribution in [0.3, 0.4) is 0 Å². The molecular formula is C15H19N3O6. The van der Waals surface area contributed by atoms with E-state index < -0.39 is 28.7 Å². The van der Waals surface area contributed by atoms with Crippen LogP contribution in [0, 0.1) is 10.1 Å². The van der Waals surface area contributed by atoms with E-state index in [4.69, 9.17) is 10.5 Å². The number of carbonyl (C=O) groups excluding carboxylic acids is 3. The molecule has 2 amide bonds. The molecule has 0 fully saturated rings. The van der Waals surface area contributed by atoms with E-state index >= 15 is 0 Å². The Morgan fingerprint density at radius 1 is 1.25 bits per heavy atom. The normalized spacial score (nSPS) is 11.4. The van der Waals surface area contributed by atoms with E-state index in [0.29, 0.717) is 5.56 Å². The van der Waals surface area contributed by atoms with Crippen molar-refractivity contribution in [3.05, 3.63) is 39.9 Å². The smallest absolute Gasteiger partial charge is 0.306 e. The summed E-state index contributed by atoms with van der Waals surface area (Å²) in [6.07, 6.45) is -0.121. The molecule has 0 aliphatic heterocycles. The summed E-state index contributed by atoms with van der Waals surface area (Å²) in [5, 5.41) is 13.0. The maximum Gasteiger partial charge on any atom is 0.306 e. The number of non-ortho nitro benzene ring substituents is 1. The van der Waals surface area contributed by atoms with Crippen LogP contribution in [-0.2, 0) is 25.5 Å². The van der Waals surface area contributed by atoms with Gasteiger partial charge in [-0.15, -0.1) is 0 Å². The van der Waals surface area contributed by atoms with Crippen molar-refractivity contribution in [2.45, 2.75) is 32.2 Å². The standard InChI is InChI=1S/C15H19N3O6/c1-2-24-14(20)8-7-13(19)17-12(15(16)21)9-10-3-5-11(6-4-10)18(22)23/h3-6,12H,2,7-9H2,1H3,(H2,16,21)(H,17,19)/t12-/m1/s1. The summed E-state index contributed by atoms with van der Waals surface area (Å²) in [4.78, 5) is 44.5. The topological polar surface area (TPSA) is 142 Å². The second kappa shape index (κ2) is 9.23. The number of nitrogens with two attached hydrogens (primary N) is 1. The largest absolute Gasteiger partial charge is 0.466 e. The van der Waals surface area contributed by atoms with Crippen molar-refractivity contribution in [1.29, 1.82) is 0 Å². The van der Waals surface area contributed by atoms with Gasteiger partial charge in [0.1, 0.15) is 6.04 Å². The summed E-state index contributed by atoms with van der Waals surface area (Å²) < 4.78 is 4.71. The molecule has 9 nitrogen and oxygen atoms in total. The molecule has 130 valence electrons. The molecule has 0 heterocycles. The highest BCUT2D eigenvalue weighted by atomic mass is 16.6. The zero-order valence-corrected chi connectivity index (χ0v) is 13.2. The molecule has 0 bridgehead atoms. The van der Waals surface area contributed by atoms with E-state index in [2.05, 4.69) is 5.32 Å². The average molecular weight is 337 g/mol. The lowest BCUT2D eigenvalue weighted by Crippen LogP contribution is -2.45. The first-order valence-corrected chi connectivity index (χ1v) is 7.31. The van der Waals surface area contributed by atoms with Gasteiger partial charge in [0.25, 0.3) is 5.69 Å². The van der Waals surface area contributed by atoms with Crippen LogP contribution < -0.4 is 11.1 Å². The quantitative estimate of drug-likeness (QED) is 0.380. The molecule has 9 heteroatoms. The number of rotatable bonds is 9. The van der Waals surface area contributed by atoms with Crippen LogP contribution in [-0.4, -0.2) is 35.4 Å². The molecule has 1 atom stereocenters. The third-order valence-corrected chi connectivity index (χ3v) is 3.13. The maximum absolute atomic E-state index is 11.8. The van der Waals surface area contributed by atoms with Gasteiger partial charge >= 0.3 is 5.97 Å². The SMILES string of the molecule is CCOC(=O)CCC(=O)N[C@H](Cc1ccc([N+](=O)[O-])cc1)C(N)=O. The minimum atomic E-state index is -0.971. The van der Waals surface area contributed by atoms with Gasteiger partial charge in [-0.1, -0.05) is 12.1 Å². The highest BCUT2D eigenvalue weighted by Crippen LogP contribution is 2.13. The number of amides is 2. The molecule has 0 aromatic heterocycles. The first kappa shape index (κ1) is 19.1. The molecule has 3 N–H and O–H groups in total. The Morgan fingerprint density at radius 3 is 2.38 bits per heavy atom. The predicted octanol–water partition coefficient (Wildman–Crippen LogP) is 0.451. The average Bonchev–Trinajstić information content (AvgIpc) is 2.53. The molecule has 0 unspecified atom stereocenters. The van der Waals surface area contributed by atoms with E-state index in [1.807, 2.05) is 0 Å². The molecular weight excluding hydrogens is 318 g/mol. The Morgan fingerprint density at radius 2 is 1.88 bits per heavy atom. The lowest BCUT2D eigenvalue weighted by atomic mass is 10.0. The number of benzene rings is 1. The molecule has 24 heavy (non-hydrogen) atoms. The van der Waals surface area contributed by atoms with E-state index in [1.54, 1.807) is 6.92 Å². The van der Waals surface area contributed by atoms with Crippen molar-refractivity contribution >= 4 is 23.5 Å². The Kier molecular flexibility index (Phi) is 7.34. The van der Waals surface area contributed by atoms with E-state index in [0.717, 1.165) is 0 Å². The molecule has 1 aromatic rings. The zero-order chi connectivity index (χ0) is 18.1. The Balaban J connectivity index is 2.60. The number of carbonyl (C=O) groups is 3. The number of esters is 1. The second-order valence-corrected chi connectivity index (χ2v) is 4.96. The second-order valence-electron chi connectivity index (χ2n) is 4.96. The van der Waals surface area contributed by atoms with Gasteiger partial charge in [0.05, 0.1) is 18.0 Å². The van der Waals surface area contributed by atoms with Gasteiger partial charge in [-0.25, -0.2) is 0 Å². The number of hydrogen-bond acceptors (Lipinski definition) is 6. The summed E-state index contributed by atoms with van der Waals surface area (Å²) in [6.45, 7) is 1.88. The summed E-state index contributed by atoms with van der Waals surface area (Å²) in [5.74, 6) is -1.75. The van der Waals surface area contributed by atoms with Gasteiger partial charge in [0, 0.05) is 25.0 Å². The van der Waals surface area contributed by atoms with Gasteiger partial charge in [-0.2, -0.15) is 0 Å². The van der Waals surface area contributed by atoms with Gasteiger partial charge in [-0.3, -0.25) is 24.5 Å². The lowest BCUT2D eigenvalue weighted by molar-refractivity contribution is -0.384. The fourth-order valence-electron chi connectivity index (χ4n) is 1.93. The highest BCUT2D eigenvalue weighted by Gasteiger charge is 2.19. The summed E-state index contributed by atoms with van der Waals surface area (Å²) in [5.41, 5.74) is 5.79. The number of nitrogens with one attached hydrogen (secondary N) is 1. The molecule has 0 aliphatic carbocycles. The van der Waals surface area contributed by atoms with Crippen molar-refractivity contribution in [3.63, 3.8) is 0 Å². The molecule has 0 saturated carbocycles. The third-order valence-electron chi connectivity index (χ3n) is 3.13. The molecule has 1 rings (SSSR count). The summed E-state index contributed by atoms with van der Waals surface area (Å²) >= 11 is 0. The van der Waals surface area contributed by atoms with Crippen LogP contribution in [0.4, 0.5) is 5.69 Å². The fraction of sp³-hybridized carbons (Fsp3) is 0.400. The van der Waals surface area contributed by atoms with Gasteiger partial charge in [0.15, 0.2) is 0 Å². The number of ether oxygens (including phenoxy) is 1. The number of hydrogen-bond donors (Lipinski definition) is 2. The van der Waals surface area contributed by atoms with Gasteiger partial charge in [0.2, 0.25) is 11.8 Å². The monoisotopic (exact) mass is 337 g/mol. The lowest BCUT2D eigenvalue weighted by Gasteiger charge is -2.15. The minimum absolute atomic E-state index is 0.0761. The van der Waals surface area contributed by atoms with E-state index in [9.17, 15) is 24.5 Å². The van der Waals surface area contributed by atoms with Crippen molar-refractivity contribution in [1.82, 2.24) is 5.32 Å². The van der Waals surface area contributed by atoms with Crippen molar-refractivity contribution in [2.75, 3.05) is 6.61 Å². The van der Waals surface area contributed by atoms with Crippen LogP contribution in [0.15, 0.2) is 24.3 Å². The van der Waals surface area contributed by atoms with Crippen LogP contribution in [0.1, 0.15) is 25.3 Å². The molecule has 0 radical (unpaired) electrons.